The van der Waals surface area contributed by atoms with Gasteiger partial charge in [0.25, 0.3) is 0 Å². The van der Waals surface area contributed by atoms with Gasteiger partial charge < -0.3 is 19.5 Å². The van der Waals surface area contributed by atoms with Crippen LogP contribution in [-0.4, -0.2) is 53.7 Å². The number of aromatic nitrogens is 2. The van der Waals surface area contributed by atoms with Crippen molar-refractivity contribution >= 4 is 12.2 Å². The number of alkyl carbamates (subject to hydrolysis) is 1. The van der Waals surface area contributed by atoms with Crippen LogP contribution in [0.15, 0.2) is 18.7 Å². The van der Waals surface area contributed by atoms with Gasteiger partial charge in [0.1, 0.15) is 18.5 Å². The number of carbonyl (C=O) groups is 2. The molecule has 0 spiro atoms. The van der Waals surface area contributed by atoms with E-state index >= 15 is 0 Å². The molecule has 21 heavy (non-hydrogen) atoms. The van der Waals surface area contributed by atoms with Crippen LogP contribution in [0.1, 0.15) is 20.8 Å². The van der Waals surface area contributed by atoms with Gasteiger partial charge in [0, 0.05) is 18.9 Å². The van der Waals surface area contributed by atoms with Crippen molar-refractivity contribution in [3.8, 4) is 0 Å². The lowest BCUT2D eigenvalue weighted by Crippen LogP contribution is -2.34. The van der Waals surface area contributed by atoms with Crippen LogP contribution in [0.2, 0.25) is 0 Å². The lowest BCUT2D eigenvalue weighted by Gasteiger charge is -2.19. The van der Waals surface area contributed by atoms with E-state index in [1.807, 2.05) is 0 Å². The summed E-state index contributed by atoms with van der Waals surface area (Å²) in [6.45, 7) is 6.37. The predicted molar refractivity (Wildman–Crippen MR) is 74.0 cm³/mol. The van der Waals surface area contributed by atoms with Crippen LogP contribution < -0.4 is 5.32 Å². The van der Waals surface area contributed by atoms with E-state index in [4.69, 9.17) is 14.2 Å². The summed E-state index contributed by atoms with van der Waals surface area (Å²) in [5.74, 6) is 0. The number of hydrogen-bond donors (Lipinski definition) is 1. The van der Waals surface area contributed by atoms with Crippen molar-refractivity contribution in [2.75, 3.05) is 26.4 Å². The molecule has 0 aliphatic heterocycles. The molecule has 0 bridgehead atoms. The molecule has 0 atom stereocenters. The van der Waals surface area contributed by atoms with Gasteiger partial charge in [-0.05, 0) is 20.8 Å². The zero-order valence-corrected chi connectivity index (χ0v) is 12.5. The van der Waals surface area contributed by atoms with Crippen molar-refractivity contribution in [2.45, 2.75) is 26.4 Å². The Labute approximate surface area is 123 Å². The number of carbonyl (C=O) groups excluding carboxylic acids is 2. The van der Waals surface area contributed by atoms with E-state index in [0.29, 0.717) is 13.2 Å². The van der Waals surface area contributed by atoms with Crippen molar-refractivity contribution in [3.05, 3.63) is 18.7 Å². The van der Waals surface area contributed by atoms with Crippen molar-refractivity contribution < 1.29 is 23.8 Å². The molecule has 1 N–H and O–H groups in total. The number of imidazole rings is 1. The molecule has 0 saturated carbocycles. The lowest BCUT2D eigenvalue weighted by atomic mass is 10.2. The van der Waals surface area contributed by atoms with Crippen molar-refractivity contribution in [1.29, 1.82) is 0 Å². The van der Waals surface area contributed by atoms with Crippen molar-refractivity contribution in [3.63, 3.8) is 0 Å². The van der Waals surface area contributed by atoms with Gasteiger partial charge in [-0.2, -0.15) is 0 Å². The first kappa shape index (κ1) is 17.0. The first-order valence-corrected chi connectivity index (χ1v) is 6.58. The summed E-state index contributed by atoms with van der Waals surface area (Å²) < 4.78 is 16.4. The van der Waals surface area contributed by atoms with Crippen LogP contribution in [0.4, 0.5) is 9.59 Å². The molecule has 8 heteroatoms. The second-order valence-corrected chi connectivity index (χ2v) is 5.13. The summed E-state index contributed by atoms with van der Waals surface area (Å²) in [5.41, 5.74) is -0.521. The van der Waals surface area contributed by atoms with Crippen LogP contribution in [0.25, 0.3) is 0 Å². The highest BCUT2D eigenvalue weighted by Crippen LogP contribution is 2.05. The SMILES string of the molecule is CC(C)(C)OC(=O)NCCOCCOC(=O)n1ccnc1. The average Bonchev–Trinajstić information content (AvgIpc) is 2.89. The highest BCUT2D eigenvalue weighted by Gasteiger charge is 2.15. The molecule has 1 amide bonds. The van der Waals surface area contributed by atoms with Gasteiger partial charge in [-0.1, -0.05) is 0 Å². The smallest absolute Gasteiger partial charge is 0.419 e. The molecule has 0 aliphatic rings. The third kappa shape index (κ3) is 7.93. The molecule has 0 saturated heterocycles. The Morgan fingerprint density at radius 2 is 2.00 bits per heavy atom. The Kier molecular flexibility index (Phi) is 6.67. The Bertz CT molecular complexity index is 439. The lowest BCUT2D eigenvalue weighted by molar-refractivity contribution is 0.0474. The number of nitrogens with one attached hydrogen (secondary N) is 1. The fourth-order valence-electron chi connectivity index (χ4n) is 1.27. The second kappa shape index (κ2) is 8.25. The topological polar surface area (TPSA) is 91.7 Å². The Morgan fingerprint density at radius 3 is 2.62 bits per heavy atom. The minimum absolute atomic E-state index is 0.128. The maximum Gasteiger partial charge on any atom is 0.419 e. The van der Waals surface area contributed by atoms with Crippen LogP contribution in [0, 0.1) is 0 Å². The molecule has 0 radical (unpaired) electrons. The van der Waals surface area contributed by atoms with Gasteiger partial charge in [-0.15, -0.1) is 0 Å². The van der Waals surface area contributed by atoms with E-state index in [9.17, 15) is 9.59 Å². The highest BCUT2D eigenvalue weighted by atomic mass is 16.6. The first-order chi connectivity index (χ1) is 9.88. The number of ether oxygens (including phenoxy) is 3. The number of nitrogens with zero attached hydrogens (tertiary/aromatic N) is 2. The van der Waals surface area contributed by atoms with Crippen molar-refractivity contribution in [2.24, 2.45) is 0 Å². The van der Waals surface area contributed by atoms with Gasteiger partial charge in [0.05, 0.1) is 13.2 Å². The molecule has 0 unspecified atom stereocenters. The highest BCUT2D eigenvalue weighted by molar-refractivity contribution is 5.69. The van der Waals surface area contributed by atoms with Crippen LogP contribution in [-0.2, 0) is 14.2 Å². The largest absolute Gasteiger partial charge is 0.446 e. The summed E-state index contributed by atoms with van der Waals surface area (Å²) in [4.78, 5) is 26.4. The monoisotopic (exact) mass is 299 g/mol. The van der Waals surface area contributed by atoms with E-state index in [1.54, 1.807) is 20.8 Å². The summed E-state index contributed by atoms with van der Waals surface area (Å²) in [7, 11) is 0. The van der Waals surface area contributed by atoms with Gasteiger partial charge in [-0.3, -0.25) is 0 Å². The van der Waals surface area contributed by atoms with E-state index in [1.165, 1.54) is 23.3 Å². The second-order valence-electron chi connectivity index (χ2n) is 5.13. The Hall–Kier alpha value is -2.09. The zero-order valence-electron chi connectivity index (χ0n) is 12.5. The fraction of sp³-hybridized carbons (Fsp3) is 0.615. The van der Waals surface area contributed by atoms with Gasteiger partial charge in [0.2, 0.25) is 0 Å². The molecule has 118 valence electrons. The molecule has 1 aromatic heterocycles. The zero-order chi connectivity index (χ0) is 15.7. The molecular formula is C13H21N3O5. The van der Waals surface area contributed by atoms with E-state index < -0.39 is 17.8 Å². The summed E-state index contributed by atoms with van der Waals surface area (Å²) in [6.07, 6.45) is 3.34. The quantitative estimate of drug-likeness (QED) is 0.798. The minimum Gasteiger partial charge on any atom is -0.446 e. The van der Waals surface area contributed by atoms with E-state index in [-0.39, 0.29) is 13.2 Å². The molecule has 0 fully saturated rings. The summed E-state index contributed by atoms with van der Waals surface area (Å²) in [6, 6.07) is 0. The van der Waals surface area contributed by atoms with Crippen LogP contribution >= 0.6 is 0 Å². The van der Waals surface area contributed by atoms with Gasteiger partial charge >= 0.3 is 12.2 Å². The molecule has 1 heterocycles. The van der Waals surface area contributed by atoms with Crippen LogP contribution in [0.5, 0.6) is 0 Å². The number of amides is 1. The molecule has 0 aromatic carbocycles. The normalized spacial score (nSPS) is 11.0. The first-order valence-electron chi connectivity index (χ1n) is 6.58. The third-order valence-corrected chi connectivity index (χ3v) is 2.08. The van der Waals surface area contributed by atoms with Gasteiger partial charge in [-0.25, -0.2) is 19.1 Å². The maximum absolute atomic E-state index is 11.4. The van der Waals surface area contributed by atoms with Gasteiger partial charge in [0.15, 0.2) is 0 Å². The third-order valence-electron chi connectivity index (χ3n) is 2.08. The average molecular weight is 299 g/mol. The van der Waals surface area contributed by atoms with Crippen LogP contribution in [0.3, 0.4) is 0 Å². The maximum atomic E-state index is 11.4. The molecular weight excluding hydrogens is 278 g/mol. The molecule has 1 rings (SSSR count). The number of rotatable bonds is 6. The molecule has 1 aromatic rings. The summed E-state index contributed by atoms with van der Waals surface area (Å²) in [5, 5.41) is 2.55. The summed E-state index contributed by atoms with van der Waals surface area (Å²) >= 11 is 0. The molecule has 8 nitrogen and oxygen atoms in total. The number of hydrogen-bond acceptors (Lipinski definition) is 6. The van der Waals surface area contributed by atoms with E-state index in [2.05, 4.69) is 10.3 Å². The van der Waals surface area contributed by atoms with E-state index in [0.717, 1.165) is 0 Å². The standard InChI is InChI=1S/C13H21N3O5/c1-13(2,3)21-11(17)15-5-7-19-8-9-20-12(18)16-6-4-14-10-16/h4,6,10H,5,7-9H2,1-3H3,(H,15,17). The Morgan fingerprint density at radius 1 is 1.24 bits per heavy atom. The minimum atomic E-state index is -0.521. The predicted octanol–water partition coefficient (Wildman–Crippen LogP) is 1.41. The Balaban J connectivity index is 1.98. The molecule has 0 aliphatic carbocycles. The fourth-order valence-corrected chi connectivity index (χ4v) is 1.27. The van der Waals surface area contributed by atoms with Crippen molar-refractivity contribution in [1.82, 2.24) is 14.9 Å².